The van der Waals surface area contributed by atoms with Crippen LogP contribution in [0, 0.1) is 6.92 Å². The van der Waals surface area contributed by atoms with Crippen LogP contribution in [0.2, 0.25) is 0 Å². The molecule has 0 aliphatic carbocycles. The van der Waals surface area contributed by atoms with Gasteiger partial charge in [-0.2, -0.15) is 0 Å². The molecule has 0 aromatic heterocycles. The molecule has 1 aromatic rings. The topological polar surface area (TPSA) is 38.3 Å². The largest absolute Gasteiger partial charge is 0.496 e. The highest BCUT2D eigenvalue weighted by molar-refractivity contribution is 5.94. The summed E-state index contributed by atoms with van der Waals surface area (Å²) in [5, 5.41) is 2.74. The lowest BCUT2D eigenvalue weighted by Crippen LogP contribution is -2.22. The van der Waals surface area contributed by atoms with Crippen molar-refractivity contribution in [2.75, 3.05) is 13.7 Å². The van der Waals surface area contributed by atoms with Crippen molar-refractivity contribution in [2.24, 2.45) is 0 Å². The van der Waals surface area contributed by atoms with Crippen LogP contribution in [0.3, 0.4) is 0 Å². The molecular weight excluding hydrogens is 178 g/mol. The zero-order valence-electron chi connectivity index (χ0n) is 8.76. The Morgan fingerprint density at radius 2 is 2.21 bits per heavy atom. The molecule has 0 heterocycles. The molecule has 0 unspecified atom stereocenters. The van der Waals surface area contributed by atoms with E-state index in [4.69, 9.17) is 4.74 Å². The summed E-state index contributed by atoms with van der Waals surface area (Å²) in [5.41, 5.74) is 1.66. The van der Waals surface area contributed by atoms with E-state index >= 15 is 0 Å². The number of rotatable bonds is 3. The lowest BCUT2D eigenvalue weighted by atomic mass is 10.1. The van der Waals surface area contributed by atoms with Gasteiger partial charge in [0, 0.05) is 12.1 Å². The highest BCUT2D eigenvalue weighted by atomic mass is 16.5. The molecule has 1 amide bonds. The predicted octanol–water partition coefficient (Wildman–Crippen LogP) is 1.75. The number of hydrogen-bond acceptors (Lipinski definition) is 2. The summed E-state index contributed by atoms with van der Waals surface area (Å²) in [6, 6.07) is 5.42. The van der Waals surface area contributed by atoms with Gasteiger partial charge in [-0.15, -0.1) is 0 Å². The van der Waals surface area contributed by atoms with Gasteiger partial charge in [0.2, 0.25) is 0 Å². The van der Waals surface area contributed by atoms with Crippen molar-refractivity contribution < 1.29 is 9.53 Å². The van der Waals surface area contributed by atoms with Crippen molar-refractivity contribution in [2.45, 2.75) is 13.8 Å². The van der Waals surface area contributed by atoms with E-state index in [9.17, 15) is 4.79 Å². The number of aryl methyl sites for hydroxylation is 1. The number of ether oxygens (including phenoxy) is 1. The second kappa shape index (κ2) is 4.65. The van der Waals surface area contributed by atoms with E-state index in [0.717, 1.165) is 11.3 Å². The average molecular weight is 193 g/mol. The minimum atomic E-state index is -0.0641. The van der Waals surface area contributed by atoms with Crippen LogP contribution < -0.4 is 10.1 Å². The van der Waals surface area contributed by atoms with Crippen LogP contribution in [-0.2, 0) is 0 Å². The van der Waals surface area contributed by atoms with Crippen molar-refractivity contribution in [3.8, 4) is 5.75 Å². The van der Waals surface area contributed by atoms with Crippen LogP contribution in [0.15, 0.2) is 18.2 Å². The zero-order valence-corrected chi connectivity index (χ0v) is 8.76. The zero-order chi connectivity index (χ0) is 10.6. The molecular formula is C11H15NO2. The third kappa shape index (κ3) is 2.25. The predicted molar refractivity (Wildman–Crippen MR) is 55.7 cm³/mol. The quantitative estimate of drug-likeness (QED) is 0.794. The van der Waals surface area contributed by atoms with Crippen molar-refractivity contribution in [1.82, 2.24) is 5.32 Å². The summed E-state index contributed by atoms with van der Waals surface area (Å²) >= 11 is 0. The summed E-state index contributed by atoms with van der Waals surface area (Å²) in [7, 11) is 1.60. The first-order valence-electron chi connectivity index (χ1n) is 4.62. The van der Waals surface area contributed by atoms with Crippen molar-refractivity contribution in [3.63, 3.8) is 0 Å². The van der Waals surface area contributed by atoms with Crippen molar-refractivity contribution >= 4 is 5.91 Å². The van der Waals surface area contributed by atoms with Gasteiger partial charge in [-0.3, -0.25) is 4.79 Å². The fourth-order valence-electron chi connectivity index (χ4n) is 1.22. The molecule has 3 heteroatoms. The molecule has 3 nitrogen and oxygen atoms in total. The van der Waals surface area contributed by atoms with Crippen molar-refractivity contribution in [1.29, 1.82) is 0 Å². The Morgan fingerprint density at radius 3 is 2.79 bits per heavy atom. The third-order valence-electron chi connectivity index (χ3n) is 2.01. The van der Waals surface area contributed by atoms with Gasteiger partial charge in [-0.05, 0) is 31.5 Å². The third-order valence-corrected chi connectivity index (χ3v) is 2.01. The number of carbonyl (C=O) groups is 1. The molecule has 1 aromatic carbocycles. The van der Waals surface area contributed by atoms with Gasteiger partial charge in [-0.25, -0.2) is 0 Å². The summed E-state index contributed by atoms with van der Waals surface area (Å²) < 4.78 is 5.13. The molecule has 14 heavy (non-hydrogen) atoms. The van der Waals surface area contributed by atoms with E-state index in [1.807, 2.05) is 19.9 Å². The maximum absolute atomic E-state index is 11.5. The molecule has 0 saturated carbocycles. The number of methoxy groups -OCH3 is 1. The number of carbonyl (C=O) groups excluding carboxylic acids is 1. The Hall–Kier alpha value is -1.51. The van der Waals surface area contributed by atoms with E-state index < -0.39 is 0 Å². The van der Waals surface area contributed by atoms with Crippen LogP contribution >= 0.6 is 0 Å². The van der Waals surface area contributed by atoms with E-state index in [2.05, 4.69) is 5.32 Å². The van der Waals surface area contributed by atoms with Gasteiger partial charge in [0.15, 0.2) is 0 Å². The minimum Gasteiger partial charge on any atom is -0.496 e. The van der Waals surface area contributed by atoms with Crippen LogP contribution in [0.4, 0.5) is 0 Å². The molecule has 76 valence electrons. The maximum Gasteiger partial charge on any atom is 0.251 e. The molecule has 0 aliphatic heterocycles. The SMILES string of the molecule is CCNC(=O)c1ccc(C)c(OC)c1. The smallest absolute Gasteiger partial charge is 0.251 e. The monoisotopic (exact) mass is 193 g/mol. The fourth-order valence-corrected chi connectivity index (χ4v) is 1.22. The highest BCUT2D eigenvalue weighted by Gasteiger charge is 2.06. The number of amides is 1. The first-order valence-corrected chi connectivity index (χ1v) is 4.62. The fraction of sp³-hybridized carbons (Fsp3) is 0.364. The van der Waals surface area contributed by atoms with Gasteiger partial charge in [0.1, 0.15) is 5.75 Å². The Morgan fingerprint density at radius 1 is 1.50 bits per heavy atom. The number of hydrogen-bond donors (Lipinski definition) is 1. The van der Waals surface area contributed by atoms with Gasteiger partial charge in [0.25, 0.3) is 5.91 Å². The number of benzene rings is 1. The van der Waals surface area contributed by atoms with Crippen LogP contribution in [0.25, 0.3) is 0 Å². The lowest BCUT2D eigenvalue weighted by Gasteiger charge is -2.07. The first-order chi connectivity index (χ1) is 6.69. The van der Waals surface area contributed by atoms with Crippen LogP contribution in [0.5, 0.6) is 5.75 Å². The second-order valence-corrected chi connectivity index (χ2v) is 3.04. The van der Waals surface area contributed by atoms with Crippen LogP contribution in [0.1, 0.15) is 22.8 Å². The molecule has 1 rings (SSSR count). The number of nitrogens with one attached hydrogen (secondary N) is 1. The molecule has 0 saturated heterocycles. The van der Waals surface area contributed by atoms with E-state index in [1.165, 1.54) is 0 Å². The average Bonchev–Trinajstić information content (AvgIpc) is 2.19. The highest BCUT2D eigenvalue weighted by Crippen LogP contribution is 2.18. The summed E-state index contributed by atoms with van der Waals surface area (Å²) in [6.07, 6.45) is 0. The van der Waals surface area contributed by atoms with Gasteiger partial charge in [-0.1, -0.05) is 6.07 Å². The Balaban J connectivity index is 2.94. The normalized spacial score (nSPS) is 9.64. The van der Waals surface area contributed by atoms with Crippen molar-refractivity contribution in [3.05, 3.63) is 29.3 Å². The van der Waals surface area contributed by atoms with Gasteiger partial charge < -0.3 is 10.1 Å². The Labute approximate surface area is 84.1 Å². The first kappa shape index (κ1) is 10.6. The standard InChI is InChI=1S/C11H15NO2/c1-4-12-11(13)9-6-5-8(2)10(7-9)14-3/h5-7H,4H2,1-3H3,(H,12,13). The molecule has 0 spiro atoms. The maximum atomic E-state index is 11.5. The summed E-state index contributed by atoms with van der Waals surface area (Å²) in [5.74, 6) is 0.680. The van der Waals surface area contributed by atoms with E-state index in [-0.39, 0.29) is 5.91 Å². The lowest BCUT2D eigenvalue weighted by molar-refractivity contribution is 0.0955. The molecule has 0 atom stereocenters. The van der Waals surface area contributed by atoms with E-state index in [0.29, 0.717) is 12.1 Å². The Kier molecular flexibility index (Phi) is 3.51. The molecule has 1 N–H and O–H groups in total. The molecule has 0 aliphatic rings. The van der Waals surface area contributed by atoms with Gasteiger partial charge >= 0.3 is 0 Å². The summed E-state index contributed by atoms with van der Waals surface area (Å²) in [4.78, 5) is 11.5. The van der Waals surface area contributed by atoms with Gasteiger partial charge in [0.05, 0.1) is 7.11 Å². The molecule has 0 fully saturated rings. The Bertz CT molecular complexity index is 334. The van der Waals surface area contributed by atoms with E-state index in [1.54, 1.807) is 19.2 Å². The molecule has 0 bridgehead atoms. The molecule has 0 radical (unpaired) electrons. The minimum absolute atomic E-state index is 0.0641. The summed E-state index contributed by atoms with van der Waals surface area (Å²) in [6.45, 7) is 4.47. The van der Waals surface area contributed by atoms with Crippen LogP contribution in [-0.4, -0.2) is 19.6 Å². The second-order valence-electron chi connectivity index (χ2n) is 3.04.